The summed E-state index contributed by atoms with van der Waals surface area (Å²) in [7, 11) is 0. The zero-order valence-electron chi connectivity index (χ0n) is 21.7. The molecular weight excluding hydrogens is 483 g/mol. The number of fused-ring (bicyclic) bond motifs is 2. The number of nitrogens with one attached hydrogen (secondary N) is 1. The van der Waals surface area contributed by atoms with E-state index in [1.807, 2.05) is 24.0 Å². The molecule has 1 unspecified atom stereocenters. The largest absolute Gasteiger partial charge is 0.454 e. The quantitative estimate of drug-likeness (QED) is 0.508. The van der Waals surface area contributed by atoms with Crippen molar-refractivity contribution in [2.45, 2.75) is 63.6 Å². The molecule has 0 bridgehead atoms. The Balaban J connectivity index is 1.38. The number of ether oxygens (including phenoxy) is 2. The highest BCUT2D eigenvalue weighted by molar-refractivity contribution is 5.52. The molecule has 3 aliphatic heterocycles. The molecular formula is C28H38F3N3O3. The van der Waals surface area contributed by atoms with Crippen molar-refractivity contribution in [2.24, 2.45) is 5.41 Å². The molecule has 0 saturated carbocycles. The Kier molecular flexibility index (Phi) is 7.49. The number of aliphatic hydroxyl groups excluding tert-OH is 1. The molecule has 0 radical (unpaired) electrons. The van der Waals surface area contributed by atoms with Crippen LogP contribution in [-0.2, 0) is 6.42 Å². The lowest BCUT2D eigenvalue weighted by Gasteiger charge is -2.50. The second-order valence-corrected chi connectivity index (χ2v) is 11.2. The van der Waals surface area contributed by atoms with Crippen LogP contribution in [0.4, 0.5) is 13.2 Å². The van der Waals surface area contributed by atoms with Gasteiger partial charge in [-0.05, 0) is 61.9 Å². The molecule has 4 aliphatic rings. The van der Waals surface area contributed by atoms with Gasteiger partial charge in [-0.15, -0.1) is 0 Å². The number of halogens is 3. The van der Waals surface area contributed by atoms with Gasteiger partial charge >= 0.3 is 0 Å². The van der Waals surface area contributed by atoms with Crippen molar-refractivity contribution in [1.29, 1.82) is 0 Å². The number of hydrogen-bond donors (Lipinski definition) is 2. The number of benzene rings is 1. The van der Waals surface area contributed by atoms with Gasteiger partial charge in [0.25, 0.3) is 5.92 Å². The average molecular weight is 522 g/mol. The summed E-state index contributed by atoms with van der Waals surface area (Å²) in [5.41, 5.74) is 2.66. The van der Waals surface area contributed by atoms with Crippen molar-refractivity contribution < 1.29 is 27.8 Å². The molecule has 37 heavy (non-hydrogen) atoms. The molecule has 204 valence electrons. The van der Waals surface area contributed by atoms with Crippen molar-refractivity contribution in [3.8, 4) is 11.5 Å². The number of rotatable bonds is 9. The molecule has 0 aromatic heterocycles. The molecule has 1 aromatic carbocycles. The van der Waals surface area contributed by atoms with Crippen molar-refractivity contribution in [3.63, 3.8) is 0 Å². The summed E-state index contributed by atoms with van der Waals surface area (Å²) in [5, 5.41) is 13.0. The van der Waals surface area contributed by atoms with Crippen LogP contribution in [0.2, 0.25) is 0 Å². The summed E-state index contributed by atoms with van der Waals surface area (Å²) in [5.74, 6) is -1.85. The van der Waals surface area contributed by atoms with Gasteiger partial charge in [0.2, 0.25) is 6.79 Å². The predicted octanol–water partition coefficient (Wildman–Crippen LogP) is 4.20. The fourth-order valence-corrected chi connectivity index (χ4v) is 6.33. The molecule has 1 saturated heterocycles. The SMILES string of the molecule is C[C@@H]1Cc2cc3c(cc2[C@@H](C2(C)C=CC(N[C@H]4CCN(CCCF)C4)=CC2)N1CC(F)(F)CO)OCO3. The minimum absolute atomic E-state index is 0.141. The number of nitrogens with zero attached hydrogens (tertiary/aromatic N) is 2. The van der Waals surface area contributed by atoms with Gasteiger partial charge in [-0.1, -0.05) is 19.1 Å². The monoisotopic (exact) mass is 521 g/mol. The number of aliphatic hydroxyl groups is 1. The number of likely N-dealkylation sites (tertiary alicyclic amines) is 1. The number of hydrogen-bond acceptors (Lipinski definition) is 6. The first-order chi connectivity index (χ1) is 17.7. The zero-order valence-corrected chi connectivity index (χ0v) is 21.7. The summed E-state index contributed by atoms with van der Waals surface area (Å²) < 4.78 is 52.9. The molecule has 3 heterocycles. The first-order valence-corrected chi connectivity index (χ1v) is 13.3. The molecule has 6 nitrogen and oxygen atoms in total. The van der Waals surface area contributed by atoms with E-state index < -0.39 is 24.5 Å². The third-order valence-electron chi connectivity index (χ3n) is 8.27. The lowest BCUT2D eigenvalue weighted by Crippen LogP contribution is -2.53. The Labute approximate surface area is 217 Å². The van der Waals surface area contributed by atoms with Gasteiger partial charge in [0.1, 0.15) is 6.61 Å². The molecule has 4 atom stereocenters. The van der Waals surface area contributed by atoms with E-state index in [1.165, 1.54) is 0 Å². The molecule has 1 aromatic rings. The van der Waals surface area contributed by atoms with E-state index in [1.54, 1.807) is 0 Å². The molecule has 9 heteroatoms. The first-order valence-electron chi connectivity index (χ1n) is 13.3. The van der Waals surface area contributed by atoms with Crippen molar-refractivity contribution in [1.82, 2.24) is 15.1 Å². The highest BCUT2D eigenvalue weighted by Gasteiger charge is 2.47. The summed E-state index contributed by atoms with van der Waals surface area (Å²) in [6.45, 7) is 4.92. The van der Waals surface area contributed by atoms with Crippen LogP contribution in [0.1, 0.15) is 50.3 Å². The van der Waals surface area contributed by atoms with Gasteiger partial charge in [0, 0.05) is 48.9 Å². The fourth-order valence-electron chi connectivity index (χ4n) is 6.33. The average Bonchev–Trinajstić information content (AvgIpc) is 3.52. The highest BCUT2D eigenvalue weighted by atomic mass is 19.3. The van der Waals surface area contributed by atoms with Crippen LogP contribution < -0.4 is 14.8 Å². The maximum absolute atomic E-state index is 14.6. The molecule has 1 aliphatic carbocycles. The van der Waals surface area contributed by atoms with Gasteiger partial charge in [-0.2, -0.15) is 0 Å². The normalized spacial score (nSPS) is 29.9. The minimum Gasteiger partial charge on any atom is -0.454 e. The summed E-state index contributed by atoms with van der Waals surface area (Å²) in [6.07, 6.45) is 9.26. The summed E-state index contributed by atoms with van der Waals surface area (Å²) in [6, 6.07) is 3.80. The third-order valence-corrected chi connectivity index (χ3v) is 8.27. The Hall–Kier alpha value is -2.23. The van der Waals surface area contributed by atoms with Crippen LogP contribution in [0.25, 0.3) is 0 Å². The van der Waals surface area contributed by atoms with Crippen LogP contribution in [-0.4, -0.2) is 79.2 Å². The van der Waals surface area contributed by atoms with E-state index in [0.29, 0.717) is 36.8 Å². The van der Waals surface area contributed by atoms with Crippen LogP contribution in [0.5, 0.6) is 11.5 Å². The van der Waals surface area contributed by atoms with Crippen LogP contribution >= 0.6 is 0 Å². The predicted molar refractivity (Wildman–Crippen MR) is 136 cm³/mol. The smallest absolute Gasteiger partial charge is 0.283 e. The van der Waals surface area contributed by atoms with Gasteiger partial charge in [0.05, 0.1) is 13.2 Å². The molecule has 2 N–H and O–H groups in total. The van der Waals surface area contributed by atoms with Crippen LogP contribution in [0.15, 0.2) is 36.1 Å². The van der Waals surface area contributed by atoms with Crippen molar-refractivity contribution in [3.05, 3.63) is 47.2 Å². The molecule has 0 spiro atoms. The van der Waals surface area contributed by atoms with Gasteiger partial charge in [-0.25, -0.2) is 8.78 Å². The lowest BCUT2D eigenvalue weighted by atomic mass is 9.69. The third kappa shape index (κ3) is 5.49. The number of alkyl halides is 3. The Bertz CT molecular complexity index is 1050. The first kappa shape index (κ1) is 26.4. The van der Waals surface area contributed by atoms with E-state index in [2.05, 4.69) is 35.4 Å². The van der Waals surface area contributed by atoms with Gasteiger partial charge in [0.15, 0.2) is 11.5 Å². The molecule has 1 fully saturated rings. The lowest BCUT2D eigenvalue weighted by molar-refractivity contribution is -0.0991. The Morgan fingerprint density at radius 2 is 2.03 bits per heavy atom. The highest BCUT2D eigenvalue weighted by Crippen LogP contribution is 2.52. The van der Waals surface area contributed by atoms with E-state index in [-0.39, 0.29) is 25.6 Å². The van der Waals surface area contributed by atoms with Crippen molar-refractivity contribution >= 4 is 0 Å². The van der Waals surface area contributed by atoms with Crippen LogP contribution in [0.3, 0.4) is 0 Å². The van der Waals surface area contributed by atoms with E-state index in [9.17, 15) is 18.3 Å². The minimum atomic E-state index is -3.20. The standard InChI is InChI=1S/C28H38F3N3O3/c1-19-12-20-13-24-25(37-18-36-24)14-23(20)26(34(19)16-28(30,31)17-35)27(2)7-4-21(5-8-27)32-22-6-11-33(15-22)10-3-9-29/h4-5,7,13-14,19,22,26,32,35H,3,6,8-12,15-18H2,1-2H3/t19-,22+,26+,27?/m1/s1. The maximum atomic E-state index is 14.6. The maximum Gasteiger partial charge on any atom is 0.283 e. The Morgan fingerprint density at radius 1 is 1.24 bits per heavy atom. The fraction of sp³-hybridized carbons (Fsp3) is 0.643. The number of allylic oxidation sites excluding steroid dienone is 2. The Morgan fingerprint density at radius 3 is 2.73 bits per heavy atom. The summed E-state index contributed by atoms with van der Waals surface area (Å²) >= 11 is 0. The molecule has 5 rings (SSSR count). The topological polar surface area (TPSA) is 57.2 Å². The van der Waals surface area contributed by atoms with Crippen LogP contribution in [0, 0.1) is 5.41 Å². The van der Waals surface area contributed by atoms with E-state index >= 15 is 0 Å². The van der Waals surface area contributed by atoms with E-state index in [4.69, 9.17) is 9.47 Å². The zero-order chi connectivity index (χ0) is 26.2. The summed E-state index contributed by atoms with van der Waals surface area (Å²) in [4.78, 5) is 4.15. The van der Waals surface area contributed by atoms with Gasteiger partial charge in [-0.3, -0.25) is 9.29 Å². The second-order valence-electron chi connectivity index (χ2n) is 11.2. The second kappa shape index (κ2) is 10.5. The van der Waals surface area contributed by atoms with Crippen molar-refractivity contribution in [2.75, 3.05) is 46.3 Å². The van der Waals surface area contributed by atoms with E-state index in [0.717, 1.165) is 42.9 Å². The van der Waals surface area contributed by atoms with Gasteiger partial charge < -0.3 is 24.8 Å². The molecule has 0 amide bonds.